The molecule has 0 saturated heterocycles. The number of halogens is 2. The van der Waals surface area contributed by atoms with Gasteiger partial charge in [-0.05, 0) is 54.8 Å². The second-order valence-electron chi connectivity index (χ2n) is 6.36. The van der Waals surface area contributed by atoms with E-state index in [2.05, 4.69) is 30.6 Å². The minimum atomic E-state index is -0.348. The van der Waals surface area contributed by atoms with Gasteiger partial charge in [0, 0.05) is 17.3 Å². The predicted molar refractivity (Wildman–Crippen MR) is 111 cm³/mol. The quantitative estimate of drug-likeness (QED) is 0.346. The summed E-state index contributed by atoms with van der Waals surface area (Å²) in [6.07, 6.45) is 1.79. The van der Waals surface area contributed by atoms with Gasteiger partial charge in [0.1, 0.15) is 18.2 Å². The van der Waals surface area contributed by atoms with E-state index in [1.807, 2.05) is 22.8 Å². The van der Waals surface area contributed by atoms with E-state index in [0.29, 0.717) is 29.8 Å². The summed E-state index contributed by atoms with van der Waals surface area (Å²) in [4.78, 5) is 0. The van der Waals surface area contributed by atoms with E-state index >= 15 is 0 Å². The molecule has 2 aromatic carbocycles. The second kappa shape index (κ2) is 9.26. The first-order chi connectivity index (χ1) is 13.5. The minimum Gasteiger partial charge on any atom is -0.486 e. The highest BCUT2D eigenvalue weighted by Gasteiger charge is 2.14. The third-order valence-corrected chi connectivity index (χ3v) is 5.69. The number of nitrogens with zero attached hydrogens (tertiary/aromatic N) is 3. The first-order valence-electron chi connectivity index (χ1n) is 8.77. The molecule has 0 N–H and O–H groups in total. The lowest BCUT2D eigenvalue weighted by Gasteiger charge is -2.10. The Hall–Kier alpha value is -2.31. The van der Waals surface area contributed by atoms with Crippen molar-refractivity contribution in [2.75, 3.05) is 0 Å². The second-order valence-corrected chi connectivity index (χ2v) is 7.71. The third kappa shape index (κ3) is 4.94. The molecular weight excluding hydrogens is 397 g/mol. The molecule has 0 atom stereocenters. The van der Waals surface area contributed by atoms with Crippen LogP contribution in [0, 0.1) is 19.7 Å². The predicted octanol–water partition coefficient (Wildman–Crippen LogP) is 5.74. The first-order valence-corrected chi connectivity index (χ1v) is 10.1. The maximum atomic E-state index is 13.2. The Morgan fingerprint density at radius 2 is 2.00 bits per heavy atom. The normalized spacial score (nSPS) is 10.9. The van der Waals surface area contributed by atoms with Gasteiger partial charge in [0.05, 0.1) is 0 Å². The van der Waals surface area contributed by atoms with Crippen LogP contribution in [0.5, 0.6) is 5.75 Å². The number of thioether (sulfide) groups is 1. The van der Waals surface area contributed by atoms with E-state index in [1.54, 1.807) is 12.1 Å². The Bertz CT molecular complexity index is 990. The molecule has 0 radical (unpaired) electrons. The number of allylic oxidation sites excluding steroid dienone is 1. The monoisotopic (exact) mass is 417 g/mol. The van der Waals surface area contributed by atoms with Gasteiger partial charge in [0.2, 0.25) is 0 Å². The Labute approximate surface area is 173 Å². The highest BCUT2D eigenvalue weighted by molar-refractivity contribution is 7.98. The largest absolute Gasteiger partial charge is 0.486 e. The summed E-state index contributed by atoms with van der Waals surface area (Å²) in [6.45, 7) is 8.80. The summed E-state index contributed by atoms with van der Waals surface area (Å²) in [6, 6.07) is 10.4. The van der Waals surface area contributed by atoms with Crippen LogP contribution in [0.25, 0.3) is 0 Å². The SMILES string of the molecule is C=CCn1c(COc2ccc(C)c(C)c2)nnc1SCc1ccc(F)cc1Cl. The van der Waals surface area contributed by atoms with Crippen LogP contribution in [0.3, 0.4) is 0 Å². The molecule has 0 aliphatic heterocycles. The lowest BCUT2D eigenvalue weighted by molar-refractivity contribution is 0.289. The summed E-state index contributed by atoms with van der Waals surface area (Å²) in [5.41, 5.74) is 3.24. The van der Waals surface area contributed by atoms with Gasteiger partial charge >= 0.3 is 0 Å². The Balaban J connectivity index is 1.71. The van der Waals surface area contributed by atoms with E-state index in [4.69, 9.17) is 16.3 Å². The number of aromatic nitrogens is 3. The molecule has 0 aliphatic rings. The van der Waals surface area contributed by atoms with Crippen molar-refractivity contribution in [1.82, 2.24) is 14.8 Å². The number of rotatable bonds is 8. The van der Waals surface area contributed by atoms with Crippen molar-refractivity contribution < 1.29 is 9.13 Å². The van der Waals surface area contributed by atoms with Crippen LogP contribution >= 0.6 is 23.4 Å². The molecule has 0 bridgehead atoms. The van der Waals surface area contributed by atoms with Crippen molar-refractivity contribution in [2.24, 2.45) is 0 Å². The van der Waals surface area contributed by atoms with Crippen LogP contribution in [0.1, 0.15) is 22.5 Å². The first kappa shape index (κ1) is 20.4. The summed E-state index contributed by atoms with van der Waals surface area (Å²) in [7, 11) is 0. The summed E-state index contributed by atoms with van der Waals surface area (Å²) >= 11 is 7.60. The average molecular weight is 418 g/mol. The molecule has 0 saturated carbocycles. The fourth-order valence-electron chi connectivity index (χ4n) is 2.58. The van der Waals surface area contributed by atoms with Crippen LogP contribution in [0.15, 0.2) is 54.2 Å². The lowest BCUT2D eigenvalue weighted by atomic mass is 10.1. The molecule has 4 nitrogen and oxygen atoms in total. The number of hydrogen-bond acceptors (Lipinski definition) is 4. The zero-order valence-electron chi connectivity index (χ0n) is 15.8. The molecule has 0 amide bonds. The van der Waals surface area contributed by atoms with Crippen LogP contribution in [0.4, 0.5) is 4.39 Å². The maximum Gasteiger partial charge on any atom is 0.191 e. The number of ether oxygens (including phenoxy) is 1. The van der Waals surface area contributed by atoms with Crippen LogP contribution in [-0.4, -0.2) is 14.8 Å². The van der Waals surface area contributed by atoms with E-state index in [9.17, 15) is 4.39 Å². The zero-order valence-corrected chi connectivity index (χ0v) is 17.4. The van der Waals surface area contributed by atoms with E-state index in [0.717, 1.165) is 16.5 Å². The average Bonchev–Trinajstić information content (AvgIpc) is 3.04. The Morgan fingerprint density at radius 3 is 2.71 bits per heavy atom. The summed E-state index contributed by atoms with van der Waals surface area (Å²) in [5, 5.41) is 9.68. The van der Waals surface area contributed by atoms with Crippen molar-refractivity contribution in [3.05, 3.63) is 82.4 Å². The Kier molecular flexibility index (Phi) is 6.75. The molecule has 0 fully saturated rings. The molecule has 1 aromatic heterocycles. The molecule has 0 spiro atoms. The standard InChI is InChI=1S/C21H21ClFN3OS/c1-4-9-26-20(12-27-18-8-5-14(2)15(3)10-18)24-25-21(26)28-13-16-6-7-17(23)11-19(16)22/h4-8,10-11H,1,9,12-13H2,2-3H3. The van der Waals surface area contributed by atoms with Crippen molar-refractivity contribution >= 4 is 23.4 Å². The highest BCUT2D eigenvalue weighted by Crippen LogP contribution is 2.27. The zero-order chi connectivity index (χ0) is 20.1. The number of aryl methyl sites for hydroxylation is 2. The topological polar surface area (TPSA) is 39.9 Å². The Morgan fingerprint density at radius 1 is 1.18 bits per heavy atom. The summed E-state index contributed by atoms with van der Waals surface area (Å²) < 4.78 is 21.1. The van der Waals surface area contributed by atoms with Crippen molar-refractivity contribution in [3.8, 4) is 5.75 Å². The van der Waals surface area contributed by atoms with Gasteiger partial charge in [-0.2, -0.15) is 0 Å². The molecule has 3 aromatic rings. The molecule has 1 heterocycles. The van der Waals surface area contributed by atoms with Gasteiger partial charge in [-0.25, -0.2) is 4.39 Å². The summed E-state index contributed by atoms with van der Waals surface area (Å²) in [5.74, 6) is 1.72. The van der Waals surface area contributed by atoms with Gasteiger partial charge in [0.15, 0.2) is 11.0 Å². The van der Waals surface area contributed by atoms with Gasteiger partial charge in [-0.3, -0.25) is 4.57 Å². The molecule has 0 unspecified atom stereocenters. The van der Waals surface area contributed by atoms with Gasteiger partial charge in [0.25, 0.3) is 0 Å². The molecular formula is C21H21ClFN3OS. The molecule has 7 heteroatoms. The van der Waals surface area contributed by atoms with Gasteiger partial charge < -0.3 is 4.74 Å². The number of hydrogen-bond donors (Lipinski definition) is 0. The molecule has 3 rings (SSSR count). The van der Waals surface area contributed by atoms with E-state index < -0.39 is 0 Å². The fourth-order valence-corrected chi connectivity index (χ4v) is 3.86. The maximum absolute atomic E-state index is 13.2. The van der Waals surface area contributed by atoms with E-state index in [-0.39, 0.29) is 5.82 Å². The van der Waals surface area contributed by atoms with Crippen LogP contribution < -0.4 is 4.74 Å². The van der Waals surface area contributed by atoms with E-state index in [1.165, 1.54) is 35.0 Å². The number of benzene rings is 2. The van der Waals surface area contributed by atoms with Gasteiger partial charge in [-0.1, -0.05) is 41.6 Å². The van der Waals surface area contributed by atoms with Gasteiger partial charge in [-0.15, -0.1) is 16.8 Å². The fraction of sp³-hybridized carbons (Fsp3) is 0.238. The van der Waals surface area contributed by atoms with Crippen molar-refractivity contribution in [1.29, 1.82) is 0 Å². The molecule has 0 aliphatic carbocycles. The van der Waals surface area contributed by atoms with Crippen molar-refractivity contribution in [3.63, 3.8) is 0 Å². The third-order valence-electron chi connectivity index (χ3n) is 4.32. The lowest BCUT2D eigenvalue weighted by Crippen LogP contribution is -2.07. The van der Waals surface area contributed by atoms with Crippen molar-refractivity contribution in [2.45, 2.75) is 37.9 Å². The van der Waals surface area contributed by atoms with Crippen LogP contribution in [-0.2, 0) is 18.9 Å². The van der Waals surface area contributed by atoms with Crippen LogP contribution in [0.2, 0.25) is 5.02 Å². The highest BCUT2D eigenvalue weighted by atomic mass is 35.5. The molecule has 146 valence electrons. The molecule has 28 heavy (non-hydrogen) atoms. The smallest absolute Gasteiger partial charge is 0.191 e. The minimum absolute atomic E-state index is 0.307.